The molecule has 13 N–H and O–H groups in total. The zero-order chi connectivity index (χ0) is 49.8. The first-order chi connectivity index (χ1) is 31.8. The van der Waals surface area contributed by atoms with E-state index in [1.807, 2.05) is 27.7 Å². The van der Waals surface area contributed by atoms with Crippen LogP contribution >= 0.6 is 0 Å². The molecule has 1 heterocycles. The van der Waals surface area contributed by atoms with E-state index < -0.39 is 29.1 Å². The lowest BCUT2D eigenvalue weighted by Crippen LogP contribution is -2.76. The van der Waals surface area contributed by atoms with E-state index in [2.05, 4.69) is 36.1 Å². The number of amides is 1. The van der Waals surface area contributed by atoms with Crippen molar-refractivity contribution < 1.29 is 65.8 Å². The van der Waals surface area contributed by atoms with Crippen LogP contribution in [0.1, 0.15) is 34.6 Å². The molecule has 0 bridgehead atoms. The quantitative estimate of drug-likeness (QED) is 0.0292. The zero-order valence-electron chi connectivity index (χ0n) is 36.9. The van der Waals surface area contributed by atoms with Crippen molar-refractivity contribution in [2.45, 2.75) is 34.6 Å². The molecule has 1 aliphatic heterocycles. The van der Waals surface area contributed by atoms with Gasteiger partial charge in [-0.25, -0.2) is 31.9 Å². The monoisotopic (exact) mass is 941 g/mol. The molecule has 358 valence electrons. The van der Waals surface area contributed by atoms with Crippen LogP contribution in [0.2, 0.25) is 0 Å². The number of aromatic nitrogens is 1. The number of nitrogens with one attached hydrogen (secondary N) is 5. The lowest BCUT2D eigenvalue weighted by molar-refractivity contribution is -0.497. The van der Waals surface area contributed by atoms with Gasteiger partial charge in [0.2, 0.25) is 11.3 Å². The summed E-state index contributed by atoms with van der Waals surface area (Å²) < 4.78 is 84.5. The molecule has 0 radical (unpaired) electrons. The lowest BCUT2D eigenvalue weighted by Gasteiger charge is -2.09. The molecule has 0 aromatic heterocycles. The third kappa shape index (κ3) is 16.5. The van der Waals surface area contributed by atoms with E-state index in [4.69, 9.17) is 31.4 Å². The van der Waals surface area contributed by atoms with Crippen molar-refractivity contribution in [2.75, 3.05) is 53.2 Å². The minimum atomic E-state index is -0.567. The van der Waals surface area contributed by atoms with Gasteiger partial charge in [0, 0.05) is 75.1 Å². The molecule has 0 fully saturated rings. The van der Waals surface area contributed by atoms with Gasteiger partial charge in [0.05, 0.1) is 34.5 Å². The molecule has 5 aromatic rings. The lowest BCUT2D eigenvalue weighted by atomic mass is 10.2. The summed E-state index contributed by atoms with van der Waals surface area (Å²) in [6.45, 7) is 11.1. The van der Waals surface area contributed by atoms with Crippen LogP contribution in [0.15, 0.2) is 95.4 Å². The number of halogens is 6. The Bertz CT molecular complexity index is 2780. The fourth-order valence-corrected chi connectivity index (χ4v) is 5.46. The molecule has 15 nitrogen and oxygen atoms in total. The number of rotatable bonds is 9. The van der Waals surface area contributed by atoms with Gasteiger partial charge in [0.15, 0.2) is 28.7 Å². The van der Waals surface area contributed by atoms with Crippen molar-refractivity contribution >= 4 is 45.4 Å². The fraction of sp³-hybridized carbons (Fsp3) is 0.196. The Morgan fingerprint density at radius 3 is 1.67 bits per heavy atom. The molecule has 1 amide bonds. The van der Waals surface area contributed by atoms with Crippen molar-refractivity contribution in [3.8, 4) is 40.2 Å². The van der Waals surface area contributed by atoms with Crippen LogP contribution in [0.25, 0.3) is 22.6 Å². The molecule has 21 heteroatoms. The number of anilines is 5. The van der Waals surface area contributed by atoms with Gasteiger partial charge >= 0.3 is 0 Å². The van der Waals surface area contributed by atoms with Crippen molar-refractivity contribution in [1.29, 1.82) is 0 Å². The van der Waals surface area contributed by atoms with Gasteiger partial charge < -0.3 is 56.7 Å². The Balaban J connectivity index is 0.000000232. The van der Waals surface area contributed by atoms with Crippen LogP contribution in [-0.2, 0) is 4.79 Å². The summed E-state index contributed by atoms with van der Waals surface area (Å²) in [4.78, 5) is 22.0. The predicted octanol–water partition coefficient (Wildman–Crippen LogP) is 7.43. The minimum Gasteiger partial charge on any atom is -0.508 e. The second-order valence-corrected chi connectivity index (χ2v) is 13.6. The summed E-state index contributed by atoms with van der Waals surface area (Å²) in [5.41, 5.74) is 7.10. The van der Waals surface area contributed by atoms with Crippen LogP contribution in [0.3, 0.4) is 0 Å². The first-order valence-electron chi connectivity index (χ1n) is 20.2. The van der Waals surface area contributed by atoms with E-state index in [0.29, 0.717) is 65.5 Å². The summed E-state index contributed by atoms with van der Waals surface area (Å²) >= 11 is 0. The van der Waals surface area contributed by atoms with Gasteiger partial charge in [0.1, 0.15) is 64.1 Å². The second-order valence-electron chi connectivity index (χ2n) is 13.6. The Morgan fingerprint density at radius 1 is 0.642 bits per heavy atom. The number of nitrogens with two attached hydrogens (primary N) is 2. The highest BCUT2D eigenvalue weighted by molar-refractivity contribution is 5.89. The molecular formula is C46H51F6N8O7+. The molecule has 0 spiro atoms. The molecule has 7 rings (SSSR count). The van der Waals surface area contributed by atoms with Gasteiger partial charge in [-0.2, -0.15) is 10.3 Å². The van der Waals surface area contributed by atoms with Crippen molar-refractivity contribution in [2.24, 2.45) is 5.90 Å². The standard InChI is InChI=1S/C16H15F2N3O.C8H11FN2O2.C8H8FNO2.C8H10FNO.C6H6FNO/c1-3-19-11-7-15-13(5-9(11)17)21-14-6-10(18)12(20-4-2)8-16(14)22-15;1-2-11-6-4-7(12)8(13-10)3-5(6)9;1-5(11)10-8-4-6(12)2-3-7(8)9;1-2-10-8-5-6(11)3-4-7(8)9;7-5-2-1-4(9)3-6(5)8/h5-8,19H,3-4H2,1-2H3;3-4,11-12H,2,10H2,1H3;2-4,12H,1H3,(H,10,11);3-5,10-11H,2H2,1H3;1-3,9H,8H2/p+1. The van der Waals surface area contributed by atoms with Gasteiger partial charge in [-0.1, -0.05) is 0 Å². The van der Waals surface area contributed by atoms with Gasteiger partial charge in [-0.15, -0.1) is 0 Å². The molecule has 1 aliphatic carbocycles. The number of carbonyl (C=O) groups is 1. The zero-order valence-corrected chi connectivity index (χ0v) is 36.9. The van der Waals surface area contributed by atoms with Crippen LogP contribution in [0.4, 0.5) is 54.8 Å². The Morgan fingerprint density at radius 2 is 1.15 bits per heavy atom. The average molecular weight is 942 g/mol. The normalized spacial score (nSPS) is 10.5. The smallest absolute Gasteiger partial charge is 0.238 e. The highest BCUT2D eigenvalue weighted by atomic mass is 19.1. The van der Waals surface area contributed by atoms with Crippen molar-refractivity contribution in [3.63, 3.8) is 0 Å². The number of benzene rings is 6. The number of nitrogen functional groups attached to an aromatic ring is 1. The van der Waals surface area contributed by atoms with Gasteiger partial charge in [-0.05, 0) is 64.1 Å². The predicted molar refractivity (Wildman–Crippen MR) is 243 cm³/mol. The molecule has 0 saturated heterocycles. The van der Waals surface area contributed by atoms with E-state index in [0.717, 1.165) is 30.3 Å². The number of carbonyl (C=O) groups excluding carboxylic acids is 1. The van der Waals surface area contributed by atoms with Crippen molar-refractivity contribution in [3.05, 3.63) is 131 Å². The number of fused-ring (bicyclic) bond motifs is 2. The number of phenols is 4. The number of nitrogens with zero attached hydrogens (tertiary/aromatic N) is 1. The number of hydrogen-bond acceptors (Lipinski definition) is 13. The maximum Gasteiger partial charge on any atom is 0.238 e. The minimum absolute atomic E-state index is 0.0116. The van der Waals surface area contributed by atoms with E-state index in [1.54, 1.807) is 12.1 Å². The molecule has 0 atom stereocenters. The Labute approximate surface area is 380 Å². The van der Waals surface area contributed by atoms with Crippen LogP contribution in [-0.4, -0.2) is 57.5 Å². The van der Waals surface area contributed by atoms with E-state index in [9.17, 15) is 36.2 Å². The molecule has 67 heavy (non-hydrogen) atoms. The SMILES string of the molecule is CC(=O)Nc1cc(O)ccc1F.CCNc1cc(O)c(ON)cc1F.CCNc1cc(O)ccc1F.CCNc1cc2oc3cc(=[NH+]CC)c(F)cc-3nc2cc1F.Nc1cc(O)ccc1F. The molecule has 0 unspecified atom stereocenters. The van der Waals surface area contributed by atoms with Gasteiger partial charge in [-0.3, -0.25) is 4.79 Å². The molecule has 2 aliphatic rings. The summed E-state index contributed by atoms with van der Waals surface area (Å²) in [5.74, 6) is 1.79. The van der Waals surface area contributed by atoms with Gasteiger partial charge in [0.25, 0.3) is 0 Å². The molecular weight excluding hydrogens is 891 g/mol. The number of phenolic OH excluding ortho intramolecular Hbond substituents is 4. The molecule has 0 saturated carbocycles. The maximum absolute atomic E-state index is 13.9. The Hall–Kier alpha value is -8.07. The van der Waals surface area contributed by atoms with Crippen molar-refractivity contribution in [1.82, 2.24) is 4.98 Å². The maximum atomic E-state index is 13.9. The highest BCUT2D eigenvalue weighted by Gasteiger charge is 2.16. The first kappa shape index (κ1) is 53.3. The highest BCUT2D eigenvalue weighted by Crippen LogP contribution is 2.31. The third-order valence-corrected chi connectivity index (χ3v) is 8.39. The average Bonchev–Trinajstić information content (AvgIpc) is 3.27. The second kappa shape index (κ2) is 26.0. The van der Waals surface area contributed by atoms with Crippen LogP contribution < -0.4 is 48.1 Å². The van der Waals surface area contributed by atoms with Crippen LogP contribution in [0.5, 0.6) is 28.7 Å². The molecule has 5 aromatic carbocycles. The van der Waals surface area contributed by atoms with E-state index in [-0.39, 0.29) is 57.5 Å². The summed E-state index contributed by atoms with van der Waals surface area (Å²) in [5, 5.41) is 46.8. The largest absolute Gasteiger partial charge is 0.508 e. The number of aromatic hydroxyl groups is 4. The van der Waals surface area contributed by atoms with Crippen LogP contribution in [0, 0.1) is 34.9 Å². The summed E-state index contributed by atoms with van der Waals surface area (Å²) in [6.07, 6.45) is 0. The fourth-order valence-electron chi connectivity index (χ4n) is 5.46. The Kier molecular flexibility index (Phi) is 20.7. The topological polar surface area (TPSA) is 247 Å². The first-order valence-corrected chi connectivity index (χ1v) is 20.2. The number of hydrogen-bond donors (Lipinski definition) is 11. The summed E-state index contributed by atoms with van der Waals surface area (Å²) in [6, 6.07) is 18.8. The van der Waals surface area contributed by atoms with E-state index in [1.165, 1.54) is 55.5 Å². The summed E-state index contributed by atoms with van der Waals surface area (Å²) in [7, 11) is 0. The van der Waals surface area contributed by atoms with E-state index >= 15 is 0 Å². The third-order valence-electron chi connectivity index (χ3n) is 8.39.